The maximum atomic E-state index is 13.4. The summed E-state index contributed by atoms with van der Waals surface area (Å²) in [6.45, 7) is 9.77. The van der Waals surface area contributed by atoms with Crippen LogP contribution in [0.1, 0.15) is 51.7 Å². The van der Waals surface area contributed by atoms with Crippen LogP contribution >= 0.6 is 0 Å². The molecule has 2 aliphatic heterocycles. The molecule has 2 aromatic rings. The Hall–Kier alpha value is -3.07. The number of carbonyl (C=O) groups excluding carboxylic acids is 1. The number of amides is 1. The van der Waals surface area contributed by atoms with E-state index in [4.69, 9.17) is 15.2 Å². The molecule has 0 saturated carbocycles. The third-order valence-electron chi connectivity index (χ3n) is 6.29. The second-order valence-electron chi connectivity index (χ2n) is 8.93. The van der Waals surface area contributed by atoms with Crippen molar-refractivity contribution in [3.8, 4) is 11.5 Å². The first-order valence-corrected chi connectivity index (χ1v) is 13.1. The van der Waals surface area contributed by atoms with E-state index in [2.05, 4.69) is 9.12 Å². The minimum atomic E-state index is -1.58. The van der Waals surface area contributed by atoms with Crippen molar-refractivity contribution >= 4 is 28.6 Å². The van der Waals surface area contributed by atoms with E-state index in [0.29, 0.717) is 30.2 Å². The van der Waals surface area contributed by atoms with E-state index in [1.54, 1.807) is 13.2 Å². The predicted molar refractivity (Wildman–Crippen MR) is 141 cm³/mol. The topological polar surface area (TPSA) is 106 Å². The normalized spacial score (nSPS) is 19.3. The number of nitrogens with one attached hydrogen (secondary N) is 1. The van der Waals surface area contributed by atoms with E-state index < -0.39 is 16.6 Å². The minimum Gasteiger partial charge on any atom is -0.497 e. The molecule has 190 valence electrons. The van der Waals surface area contributed by atoms with Gasteiger partial charge in [0.2, 0.25) is 17.1 Å². The average Bonchev–Trinajstić information content (AvgIpc) is 2.88. The zero-order valence-corrected chi connectivity index (χ0v) is 22.0. The molecule has 1 saturated heterocycles. The van der Waals surface area contributed by atoms with Crippen LogP contribution in [0.25, 0.3) is 0 Å². The number of hydrogen-bond acceptors (Lipinski definition) is 5. The monoisotopic (exact) mass is 500 g/mol. The van der Waals surface area contributed by atoms with Crippen molar-refractivity contribution in [2.45, 2.75) is 46.0 Å². The molecule has 35 heavy (non-hydrogen) atoms. The van der Waals surface area contributed by atoms with Crippen LogP contribution in [0.5, 0.6) is 11.5 Å². The summed E-state index contributed by atoms with van der Waals surface area (Å²) in [5, 5.41) is 0. The number of fused-ring (bicyclic) bond motifs is 1. The van der Waals surface area contributed by atoms with Crippen molar-refractivity contribution in [3.63, 3.8) is 0 Å². The summed E-state index contributed by atoms with van der Waals surface area (Å²) in [7, 11) is 1.63. The molecule has 8 nitrogen and oxygen atoms in total. The summed E-state index contributed by atoms with van der Waals surface area (Å²) in [5.74, 6) is 1.87. The highest BCUT2D eigenvalue weighted by atomic mass is 32.2. The molecule has 4 rings (SSSR count). The van der Waals surface area contributed by atoms with Gasteiger partial charge in [-0.1, -0.05) is 32.0 Å². The van der Waals surface area contributed by atoms with Crippen LogP contribution < -0.4 is 19.9 Å². The maximum absolute atomic E-state index is 13.4. The zero-order valence-electron chi connectivity index (χ0n) is 21.2. The number of likely N-dealkylation sites (tertiary alicyclic amines) is 1. The van der Waals surface area contributed by atoms with Gasteiger partial charge in [0.25, 0.3) is 0 Å². The lowest BCUT2D eigenvalue weighted by atomic mass is 9.82. The zero-order chi connectivity index (χ0) is 25.6. The van der Waals surface area contributed by atoms with E-state index in [9.17, 15) is 9.00 Å². The molecule has 9 heteroatoms. The summed E-state index contributed by atoms with van der Waals surface area (Å²) in [5.41, 5.74) is 7.59. The molecule has 0 radical (unpaired) electrons. The summed E-state index contributed by atoms with van der Waals surface area (Å²) >= 11 is -1.58. The van der Waals surface area contributed by atoms with Crippen LogP contribution in [-0.2, 0) is 21.4 Å². The summed E-state index contributed by atoms with van der Waals surface area (Å²) in [4.78, 5) is 15.4. The Morgan fingerprint density at radius 3 is 2.63 bits per heavy atom. The first-order valence-electron chi connectivity index (χ1n) is 12.0. The van der Waals surface area contributed by atoms with Crippen molar-refractivity contribution in [3.05, 3.63) is 53.6 Å². The lowest BCUT2D eigenvalue weighted by molar-refractivity contribution is -0.138. The number of ether oxygens (including phenoxy) is 2. The second-order valence-corrected chi connectivity index (χ2v) is 9.82. The molecule has 2 unspecified atom stereocenters. The van der Waals surface area contributed by atoms with Gasteiger partial charge in [-0.05, 0) is 56.5 Å². The quantitative estimate of drug-likeness (QED) is 0.623. The van der Waals surface area contributed by atoms with E-state index >= 15 is 0 Å². The van der Waals surface area contributed by atoms with Gasteiger partial charge < -0.3 is 20.1 Å². The number of rotatable bonds is 6. The van der Waals surface area contributed by atoms with Crippen molar-refractivity contribution < 1.29 is 18.5 Å². The largest absolute Gasteiger partial charge is 0.497 e. The summed E-state index contributed by atoms with van der Waals surface area (Å²) in [6.07, 6.45) is 1.91. The van der Waals surface area contributed by atoms with Gasteiger partial charge in [0, 0.05) is 19.0 Å². The van der Waals surface area contributed by atoms with Gasteiger partial charge in [0.1, 0.15) is 17.3 Å². The van der Waals surface area contributed by atoms with E-state index in [0.717, 1.165) is 30.7 Å². The first kappa shape index (κ1) is 26.5. The van der Waals surface area contributed by atoms with Gasteiger partial charge in [0.05, 0.1) is 30.4 Å². The molecule has 3 N–H and O–H groups in total. The van der Waals surface area contributed by atoms with Crippen LogP contribution in [-0.4, -0.2) is 47.7 Å². The SMILES string of the molecule is CC.COc1ccc(C(C)(C)C(=O)N2CCCC(COc3cccc4c3C(N)=NS(=O)N4)C2)cc1. The average molecular weight is 501 g/mol. The molecule has 2 aliphatic rings. The highest BCUT2D eigenvalue weighted by molar-refractivity contribution is 7.85. The number of carbonyl (C=O) groups is 1. The lowest BCUT2D eigenvalue weighted by Gasteiger charge is -2.38. The number of anilines is 1. The molecule has 1 fully saturated rings. The third kappa shape index (κ3) is 5.96. The molecule has 0 bridgehead atoms. The molecular formula is C26H36N4O4S. The lowest BCUT2D eigenvalue weighted by Crippen LogP contribution is -2.48. The Kier molecular flexibility index (Phi) is 8.77. The van der Waals surface area contributed by atoms with Crippen LogP contribution in [0.2, 0.25) is 0 Å². The molecular weight excluding hydrogens is 464 g/mol. The molecule has 2 aromatic carbocycles. The fourth-order valence-electron chi connectivity index (χ4n) is 4.37. The van der Waals surface area contributed by atoms with Gasteiger partial charge in [-0.15, -0.1) is 0 Å². The number of amidine groups is 1. The number of nitrogens with zero attached hydrogens (tertiary/aromatic N) is 2. The number of benzene rings is 2. The van der Waals surface area contributed by atoms with Crippen molar-refractivity contribution in [2.75, 3.05) is 31.5 Å². The molecule has 0 aromatic heterocycles. The minimum absolute atomic E-state index is 0.109. The molecule has 2 heterocycles. The Balaban J connectivity index is 0.00000167. The first-order chi connectivity index (χ1) is 16.8. The predicted octanol–water partition coefficient (Wildman–Crippen LogP) is 4.03. The van der Waals surface area contributed by atoms with Crippen LogP contribution in [0.15, 0.2) is 46.9 Å². The molecule has 0 aliphatic carbocycles. The maximum Gasteiger partial charge on any atom is 0.245 e. The standard InChI is InChI=1S/C24H30N4O4S.C2H6/c1-24(2,17-9-11-18(31-3)12-10-17)23(29)28-13-5-6-16(14-28)15-32-20-8-4-7-19-21(20)22(25)27-33(30)26-19;1-2/h4,7-12,16,26H,5-6,13-15H2,1-3H3,(H2,25,27);1-2H3. The smallest absolute Gasteiger partial charge is 0.245 e. The van der Waals surface area contributed by atoms with Crippen molar-refractivity contribution in [2.24, 2.45) is 16.0 Å². The molecule has 2 atom stereocenters. The van der Waals surface area contributed by atoms with Gasteiger partial charge in [-0.25, -0.2) is 4.21 Å². The Bertz CT molecular complexity index is 1090. The Morgan fingerprint density at radius 2 is 1.94 bits per heavy atom. The Morgan fingerprint density at radius 1 is 1.23 bits per heavy atom. The number of methoxy groups -OCH3 is 1. The van der Waals surface area contributed by atoms with Gasteiger partial charge >= 0.3 is 0 Å². The summed E-state index contributed by atoms with van der Waals surface area (Å²) < 4.78 is 29.8. The molecule has 1 amide bonds. The Labute approximate surface area is 210 Å². The van der Waals surface area contributed by atoms with Crippen LogP contribution in [0.3, 0.4) is 0 Å². The van der Waals surface area contributed by atoms with Crippen molar-refractivity contribution in [1.82, 2.24) is 4.90 Å². The number of nitrogens with two attached hydrogens (primary N) is 1. The van der Waals surface area contributed by atoms with Gasteiger partial charge in [-0.3, -0.25) is 9.52 Å². The summed E-state index contributed by atoms with van der Waals surface area (Å²) in [6, 6.07) is 13.1. The number of piperidine rings is 1. The second kappa shape index (κ2) is 11.6. The van der Waals surface area contributed by atoms with E-state index in [1.807, 2.05) is 69.0 Å². The highest BCUT2D eigenvalue weighted by Crippen LogP contribution is 2.32. The fourth-order valence-corrected chi connectivity index (χ4v) is 5.05. The van der Waals surface area contributed by atoms with Crippen LogP contribution in [0, 0.1) is 5.92 Å². The van der Waals surface area contributed by atoms with E-state index in [-0.39, 0.29) is 17.7 Å². The fraction of sp³-hybridized carbons (Fsp3) is 0.462. The highest BCUT2D eigenvalue weighted by Gasteiger charge is 2.36. The van der Waals surface area contributed by atoms with Gasteiger partial charge in [-0.2, -0.15) is 4.40 Å². The third-order valence-corrected chi connectivity index (χ3v) is 7.05. The van der Waals surface area contributed by atoms with Gasteiger partial charge in [0.15, 0.2) is 0 Å². The van der Waals surface area contributed by atoms with E-state index in [1.165, 1.54) is 0 Å². The number of hydrogen-bond donors (Lipinski definition) is 2. The van der Waals surface area contributed by atoms with Crippen LogP contribution in [0.4, 0.5) is 5.69 Å². The van der Waals surface area contributed by atoms with Crippen molar-refractivity contribution in [1.29, 1.82) is 0 Å². The molecule has 0 spiro atoms.